The molecule has 0 saturated carbocycles. The molecule has 2 amide bonds. The van der Waals surface area contributed by atoms with Gasteiger partial charge in [0.15, 0.2) is 6.61 Å². The van der Waals surface area contributed by atoms with E-state index in [1.807, 2.05) is 0 Å². The minimum absolute atomic E-state index is 0.0326. The Balaban J connectivity index is 1.65. The zero-order valence-electron chi connectivity index (χ0n) is 15.3. The standard InChI is InChI=1S/C18H16Cl3N3O5S/c19-11-6-10-2-1-5-24(17(10)14(21)7-11)18(26)29-9-16(25)23-15-4-3-12(8-13(15)20)30(22,27)28/h3-4,6-8H,1-2,5,9H2,(H,23,25)(H2,22,27,28). The minimum Gasteiger partial charge on any atom is -0.439 e. The molecule has 3 rings (SSSR count). The van der Waals surface area contributed by atoms with Gasteiger partial charge in [0.05, 0.1) is 26.3 Å². The monoisotopic (exact) mass is 491 g/mol. The Hall–Kier alpha value is -2.04. The number of nitrogens with two attached hydrogens (primary N) is 1. The number of nitrogens with zero attached hydrogens (tertiary/aromatic N) is 1. The van der Waals surface area contributed by atoms with E-state index < -0.39 is 28.6 Å². The third-order valence-electron chi connectivity index (χ3n) is 4.30. The van der Waals surface area contributed by atoms with Gasteiger partial charge < -0.3 is 10.1 Å². The van der Waals surface area contributed by atoms with Crippen LogP contribution in [0.2, 0.25) is 15.1 Å². The van der Waals surface area contributed by atoms with Crippen LogP contribution in [0.25, 0.3) is 0 Å². The minimum atomic E-state index is -3.93. The van der Waals surface area contributed by atoms with Crippen LogP contribution < -0.4 is 15.4 Å². The van der Waals surface area contributed by atoms with Gasteiger partial charge in [0.25, 0.3) is 5.91 Å². The first-order valence-electron chi connectivity index (χ1n) is 8.60. The van der Waals surface area contributed by atoms with Crippen molar-refractivity contribution in [2.24, 2.45) is 5.14 Å². The molecule has 0 spiro atoms. The average molecular weight is 493 g/mol. The van der Waals surface area contributed by atoms with Crippen LogP contribution in [0.15, 0.2) is 35.2 Å². The summed E-state index contributed by atoms with van der Waals surface area (Å²) in [5, 5.41) is 8.23. The van der Waals surface area contributed by atoms with E-state index in [4.69, 9.17) is 44.7 Å². The lowest BCUT2D eigenvalue weighted by Crippen LogP contribution is -2.37. The van der Waals surface area contributed by atoms with E-state index in [1.165, 1.54) is 23.1 Å². The van der Waals surface area contributed by atoms with Gasteiger partial charge in [-0.1, -0.05) is 34.8 Å². The number of primary sulfonamides is 1. The van der Waals surface area contributed by atoms with E-state index in [-0.39, 0.29) is 15.6 Å². The van der Waals surface area contributed by atoms with Crippen molar-refractivity contribution in [2.45, 2.75) is 17.7 Å². The van der Waals surface area contributed by atoms with Crippen molar-refractivity contribution in [3.05, 3.63) is 51.0 Å². The molecule has 160 valence electrons. The van der Waals surface area contributed by atoms with Crippen LogP contribution in [0, 0.1) is 0 Å². The summed E-state index contributed by atoms with van der Waals surface area (Å²) in [4.78, 5) is 25.8. The molecule has 0 aliphatic carbocycles. The molecule has 1 aliphatic rings. The number of benzene rings is 2. The van der Waals surface area contributed by atoms with Crippen LogP contribution in [0.5, 0.6) is 0 Å². The van der Waals surface area contributed by atoms with Crippen LogP contribution in [0.4, 0.5) is 16.2 Å². The fraction of sp³-hybridized carbons (Fsp3) is 0.222. The van der Waals surface area contributed by atoms with E-state index in [2.05, 4.69) is 5.32 Å². The van der Waals surface area contributed by atoms with Gasteiger partial charge in [-0.3, -0.25) is 9.69 Å². The molecule has 0 fully saturated rings. The number of fused-ring (bicyclic) bond motifs is 1. The molecule has 0 unspecified atom stereocenters. The maximum absolute atomic E-state index is 12.5. The molecule has 0 atom stereocenters. The first-order valence-corrected chi connectivity index (χ1v) is 11.3. The number of amides is 2. The molecule has 1 heterocycles. The molecule has 1 aliphatic heterocycles. The Morgan fingerprint density at radius 3 is 2.53 bits per heavy atom. The lowest BCUT2D eigenvalue weighted by Gasteiger charge is -2.29. The third kappa shape index (κ3) is 5.16. The maximum Gasteiger partial charge on any atom is 0.414 e. The van der Waals surface area contributed by atoms with Gasteiger partial charge in [-0.2, -0.15) is 0 Å². The first kappa shape index (κ1) is 22.6. The number of sulfonamides is 1. The molecule has 2 aromatic rings. The van der Waals surface area contributed by atoms with Gasteiger partial charge >= 0.3 is 6.09 Å². The molecule has 30 heavy (non-hydrogen) atoms. The number of nitrogens with one attached hydrogen (secondary N) is 1. The fourth-order valence-electron chi connectivity index (χ4n) is 3.00. The summed E-state index contributed by atoms with van der Waals surface area (Å²) in [7, 11) is -3.93. The Bertz CT molecular complexity index is 1120. The number of halogens is 3. The highest BCUT2D eigenvalue weighted by atomic mass is 35.5. The number of carbonyl (C=O) groups is 2. The predicted molar refractivity (Wildman–Crippen MR) is 115 cm³/mol. The molecule has 0 saturated heterocycles. The summed E-state index contributed by atoms with van der Waals surface area (Å²) in [5.74, 6) is -0.659. The fourth-order valence-corrected chi connectivity index (χ4v) is 4.47. The van der Waals surface area contributed by atoms with Gasteiger partial charge in [0.2, 0.25) is 10.0 Å². The van der Waals surface area contributed by atoms with Crippen LogP contribution in [0.1, 0.15) is 12.0 Å². The van der Waals surface area contributed by atoms with Crippen LogP contribution in [0.3, 0.4) is 0 Å². The van der Waals surface area contributed by atoms with E-state index in [1.54, 1.807) is 6.07 Å². The summed E-state index contributed by atoms with van der Waals surface area (Å²) in [6.45, 7) is -0.196. The number of carbonyl (C=O) groups excluding carboxylic acids is 2. The second-order valence-electron chi connectivity index (χ2n) is 6.44. The van der Waals surface area contributed by atoms with Crippen molar-refractivity contribution >= 4 is 68.2 Å². The summed E-state index contributed by atoms with van der Waals surface area (Å²) < 4.78 is 27.8. The zero-order chi connectivity index (χ0) is 22.1. The topological polar surface area (TPSA) is 119 Å². The number of anilines is 2. The van der Waals surface area contributed by atoms with Crippen LogP contribution >= 0.6 is 34.8 Å². The molecule has 3 N–H and O–H groups in total. The van der Waals surface area contributed by atoms with Crippen molar-refractivity contribution in [3.63, 3.8) is 0 Å². The maximum atomic E-state index is 12.5. The second-order valence-corrected chi connectivity index (χ2v) is 9.25. The molecule has 2 aromatic carbocycles. The summed E-state index contributed by atoms with van der Waals surface area (Å²) >= 11 is 18.2. The quantitative estimate of drug-likeness (QED) is 0.672. The highest BCUT2D eigenvalue weighted by Crippen LogP contribution is 2.37. The Labute approximate surface area is 187 Å². The number of hydrogen-bond donors (Lipinski definition) is 2. The Morgan fingerprint density at radius 1 is 1.13 bits per heavy atom. The van der Waals surface area contributed by atoms with Gasteiger partial charge in [0.1, 0.15) is 0 Å². The normalized spacial score (nSPS) is 13.5. The molecule has 12 heteroatoms. The SMILES string of the molecule is NS(=O)(=O)c1ccc(NC(=O)COC(=O)N2CCCc3cc(Cl)cc(Cl)c32)c(Cl)c1. The predicted octanol–water partition coefficient (Wildman–Crippen LogP) is 3.82. The number of aryl methyl sites for hydroxylation is 1. The van der Waals surface area contributed by atoms with Crippen molar-refractivity contribution in [3.8, 4) is 0 Å². The van der Waals surface area contributed by atoms with Gasteiger partial charge in [-0.25, -0.2) is 18.4 Å². The highest BCUT2D eigenvalue weighted by molar-refractivity contribution is 7.89. The summed E-state index contributed by atoms with van der Waals surface area (Å²) in [6, 6.07) is 6.86. The van der Waals surface area contributed by atoms with E-state index in [0.29, 0.717) is 35.1 Å². The lowest BCUT2D eigenvalue weighted by molar-refractivity contribution is -0.118. The largest absolute Gasteiger partial charge is 0.439 e. The molecule has 0 aromatic heterocycles. The molecule has 0 bridgehead atoms. The van der Waals surface area contributed by atoms with Crippen LogP contribution in [-0.2, 0) is 26.0 Å². The van der Waals surface area contributed by atoms with E-state index in [0.717, 1.165) is 11.6 Å². The average Bonchev–Trinajstić information content (AvgIpc) is 2.66. The summed E-state index contributed by atoms with van der Waals surface area (Å²) in [6.07, 6.45) is 0.676. The zero-order valence-corrected chi connectivity index (χ0v) is 18.4. The van der Waals surface area contributed by atoms with Crippen molar-refractivity contribution in [1.29, 1.82) is 0 Å². The number of rotatable bonds is 4. The molecular formula is C18H16Cl3N3O5S. The number of hydrogen-bond acceptors (Lipinski definition) is 5. The van der Waals surface area contributed by atoms with Gasteiger partial charge in [-0.15, -0.1) is 0 Å². The van der Waals surface area contributed by atoms with Crippen molar-refractivity contribution in [2.75, 3.05) is 23.4 Å². The highest BCUT2D eigenvalue weighted by Gasteiger charge is 2.27. The lowest BCUT2D eigenvalue weighted by atomic mass is 10.0. The van der Waals surface area contributed by atoms with Crippen LogP contribution in [-0.4, -0.2) is 33.6 Å². The van der Waals surface area contributed by atoms with Crippen molar-refractivity contribution < 1.29 is 22.7 Å². The Morgan fingerprint density at radius 2 is 1.87 bits per heavy atom. The molecule has 8 nitrogen and oxygen atoms in total. The third-order valence-corrected chi connectivity index (χ3v) is 6.03. The summed E-state index contributed by atoms with van der Waals surface area (Å²) in [5.41, 5.74) is 1.48. The Kier molecular flexibility index (Phi) is 6.78. The van der Waals surface area contributed by atoms with E-state index >= 15 is 0 Å². The van der Waals surface area contributed by atoms with Gasteiger partial charge in [0, 0.05) is 11.6 Å². The molecule has 0 radical (unpaired) electrons. The number of ether oxygens (including phenoxy) is 1. The smallest absolute Gasteiger partial charge is 0.414 e. The second kappa shape index (κ2) is 8.99. The van der Waals surface area contributed by atoms with E-state index in [9.17, 15) is 18.0 Å². The van der Waals surface area contributed by atoms with Gasteiger partial charge in [-0.05, 0) is 48.7 Å². The van der Waals surface area contributed by atoms with Crippen molar-refractivity contribution in [1.82, 2.24) is 0 Å². The first-order chi connectivity index (χ1) is 14.1. The molecular weight excluding hydrogens is 477 g/mol.